The summed E-state index contributed by atoms with van der Waals surface area (Å²) in [5, 5.41) is 3.13. The minimum absolute atomic E-state index is 0.222. The molecule has 0 atom stereocenters. The molecule has 1 fully saturated rings. The number of fused-ring (bicyclic) bond motifs is 1. The van der Waals surface area contributed by atoms with Crippen molar-refractivity contribution in [2.45, 2.75) is 23.8 Å². The molecule has 1 aromatic rings. The van der Waals surface area contributed by atoms with Crippen molar-refractivity contribution in [3.05, 3.63) is 23.8 Å². The summed E-state index contributed by atoms with van der Waals surface area (Å²) in [6, 6.07) is 5.30. The molecule has 0 bridgehead atoms. The molecule has 0 unspecified atom stereocenters. The van der Waals surface area contributed by atoms with Crippen molar-refractivity contribution in [2.75, 3.05) is 7.11 Å². The molecule has 1 N–H and O–H groups in total. The second kappa shape index (κ2) is 3.46. The lowest BCUT2D eigenvalue weighted by atomic mass is 10.2. The Kier molecular flexibility index (Phi) is 2.16. The Hall–Kier alpha value is -1.56. The van der Waals surface area contributed by atoms with Crippen LogP contribution in [0.4, 0.5) is 0 Å². The zero-order chi connectivity index (χ0) is 12.0. The first-order chi connectivity index (χ1) is 8.12. The lowest BCUT2D eigenvalue weighted by molar-refractivity contribution is 0.412. The van der Waals surface area contributed by atoms with Crippen LogP contribution in [0.2, 0.25) is 0 Å². The van der Waals surface area contributed by atoms with E-state index < -0.39 is 10.0 Å². The zero-order valence-corrected chi connectivity index (χ0v) is 10.1. The van der Waals surface area contributed by atoms with Gasteiger partial charge in [-0.15, -0.1) is 4.40 Å². The number of amidine groups is 1. The topological polar surface area (TPSA) is 67.8 Å². The van der Waals surface area contributed by atoms with Crippen molar-refractivity contribution in [2.24, 2.45) is 4.40 Å². The Labute approximate surface area is 99.6 Å². The van der Waals surface area contributed by atoms with E-state index in [1.54, 1.807) is 18.2 Å². The molecule has 0 spiro atoms. The molecule has 1 aliphatic heterocycles. The fraction of sp³-hybridized carbons (Fsp3) is 0.364. The largest absolute Gasteiger partial charge is 0.496 e. The fourth-order valence-electron chi connectivity index (χ4n) is 1.86. The van der Waals surface area contributed by atoms with E-state index in [0.717, 1.165) is 12.8 Å². The van der Waals surface area contributed by atoms with Crippen LogP contribution in [0.1, 0.15) is 18.4 Å². The molecule has 6 heteroatoms. The smallest absolute Gasteiger partial charge is 0.285 e. The number of sulfonamides is 1. The minimum atomic E-state index is -3.56. The van der Waals surface area contributed by atoms with E-state index in [0.29, 0.717) is 23.2 Å². The third-order valence-electron chi connectivity index (χ3n) is 2.85. The summed E-state index contributed by atoms with van der Waals surface area (Å²) in [7, 11) is -2.04. The normalized spacial score (nSPS) is 20.6. The fourth-order valence-corrected chi connectivity index (χ4v) is 3.05. The second-order valence-electron chi connectivity index (χ2n) is 4.17. The third kappa shape index (κ3) is 1.68. The van der Waals surface area contributed by atoms with Crippen LogP contribution in [0.15, 0.2) is 27.5 Å². The SMILES string of the molecule is COc1cccc2c1C(NC1CC1)=NS2(=O)=O. The van der Waals surface area contributed by atoms with Gasteiger partial charge in [0.15, 0.2) is 5.84 Å². The van der Waals surface area contributed by atoms with Crippen LogP contribution in [0.3, 0.4) is 0 Å². The van der Waals surface area contributed by atoms with Crippen LogP contribution in [0.5, 0.6) is 5.75 Å². The molecule has 0 radical (unpaired) electrons. The number of nitrogens with zero attached hydrogens (tertiary/aromatic N) is 1. The van der Waals surface area contributed by atoms with E-state index in [1.165, 1.54) is 7.11 Å². The number of nitrogens with one attached hydrogen (secondary N) is 1. The summed E-state index contributed by atoms with van der Waals surface area (Å²) in [5.41, 5.74) is 0.557. The molecule has 1 aliphatic carbocycles. The molecule has 3 rings (SSSR count). The van der Waals surface area contributed by atoms with Crippen LogP contribution in [0, 0.1) is 0 Å². The highest BCUT2D eigenvalue weighted by Gasteiger charge is 2.34. The molecule has 1 heterocycles. The average molecular weight is 252 g/mol. The quantitative estimate of drug-likeness (QED) is 0.849. The van der Waals surface area contributed by atoms with Gasteiger partial charge >= 0.3 is 0 Å². The van der Waals surface area contributed by atoms with Gasteiger partial charge in [-0.05, 0) is 25.0 Å². The Bertz CT molecular complexity index is 603. The highest BCUT2D eigenvalue weighted by molar-refractivity contribution is 7.90. The predicted octanol–water partition coefficient (Wildman–Crippen LogP) is 0.896. The molecule has 1 saturated carbocycles. The Morgan fingerprint density at radius 3 is 2.82 bits per heavy atom. The number of benzene rings is 1. The molecular weight excluding hydrogens is 240 g/mol. The maximum atomic E-state index is 11.9. The molecule has 90 valence electrons. The number of hydrogen-bond donors (Lipinski definition) is 1. The standard InChI is InChI=1S/C11H12N2O3S/c1-16-8-3-2-4-9-10(8)11(12-7-5-6-7)13-17(9,14)15/h2-4,7H,5-6H2,1H3,(H,12,13). The van der Waals surface area contributed by atoms with E-state index >= 15 is 0 Å². The number of rotatable bonds is 2. The first-order valence-corrected chi connectivity index (χ1v) is 6.85. The van der Waals surface area contributed by atoms with Gasteiger partial charge in [0, 0.05) is 6.04 Å². The van der Waals surface area contributed by atoms with Gasteiger partial charge in [0.2, 0.25) is 0 Å². The van der Waals surface area contributed by atoms with E-state index in [1.807, 2.05) is 0 Å². The summed E-state index contributed by atoms with van der Waals surface area (Å²) in [6.45, 7) is 0. The lowest BCUT2D eigenvalue weighted by Gasteiger charge is -2.09. The monoisotopic (exact) mass is 252 g/mol. The van der Waals surface area contributed by atoms with Crippen molar-refractivity contribution in [3.63, 3.8) is 0 Å². The van der Waals surface area contributed by atoms with Gasteiger partial charge in [0.1, 0.15) is 10.6 Å². The Morgan fingerprint density at radius 2 is 2.18 bits per heavy atom. The molecular formula is C11H12N2O3S. The van der Waals surface area contributed by atoms with Gasteiger partial charge in [0.05, 0.1) is 12.7 Å². The molecule has 2 aliphatic rings. The highest BCUT2D eigenvalue weighted by Crippen LogP contribution is 2.33. The van der Waals surface area contributed by atoms with Crippen molar-refractivity contribution in [1.29, 1.82) is 0 Å². The highest BCUT2D eigenvalue weighted by atomic mass is 32.2. The summed E-state index contributed by atoms with van der Waals surface area (Å²) in [5.74, 6) is 0.954. The number of ether oxygens (including phenoxy) is 1. The summed E-state index contributed by atoms with van der Waals surface area (Å²) < 4.78 is 32.7. The van der Waals surface area contributed by atoms with Gasteiger partial charge in [-0.1, -0.05) is 6.07 Å². The van der Waals surface area contributed by atoms with Crippen molar-refractivity contribution in [1.82, 2.24) is 5.32 Å². The van der Waals surface area contributed by atoms with E-state index in [2.05, 4.69) is 9.71 Å². The van der Waals surface area contributed by atoms with Crippen molar-refractivity contribution < 1.29 is 13.2 Å². The van der Waals surface area contributed by atoms with Gasteiger partial charge in [-0.2, -0.15) is 8.42 Å². The Balaban J connectivity index is 2.15. The van der Waals surface area contributed by atoms with Gasteiger partial charge in [-0.25, -0.2) is 0 Å². The van der Waals surface area contributed by atoms with Crippen LogP contribution < -0.4 is 10.1 Å². The maximum Gasteiger partial charge on any atom is 0.285 e. The molecule has 5 nitrogen and oxygen atoms in total. The summed E-state index contributed by atoms with van der Waals surface area (Å²) in [4.78, 5) is 0.222. The molecule has 0 aromatic heterocycles. The number of hydrogen-bond acceptors (Lipinski definition) is 4. The van der Waals surface area contributed by atoms with Crippen molar-refractivity contribution in [3.8, 4) is 5.75 Å². The molecule has 17 heavy (non-hydrogen) atoms. The van der Waals surface area contributed by atoms with Crippen molar-refractivity contribution >= 4 is 15.9 Å². The first kappa shape index (κ1) is 10.6. The second-order valence-corrected chi connectivity index (χ2v) is 5.74. The molecule has 1 aromatic carbocycles. The van der Waals surface area contributed by atoms with Gasteiger partial charge in [-0.3, -0.25) is 0 Å². The van der Waals surface area contributed by atoms with Crippen LogP contribution >= 0.6 is 0 Å². The molecule has 0 saturated heterocycles. The average Bonchev–Trinajstić information content (AvgIpc) is 3.06. The molecule has 0 amide bonds. The number of methoxy groups -OCH3 is 1. The Morgan fingerprint density at radius 1 is 1.41 bits per heavy atom. The van der Waals surface area contributed by atoms with Crippen LogP contribution in [0.25, 0.3) is 0 Å². The van der Waals surface area contributed by atoms with E-state index in [4.69, 9.17) is 4.74 Å². The summed E-state index contributed by atoms with van der Waals surface area (Å²) in [6.07, 6.45) is 2.12. The minimum Gasteiger partial charge on any atom is -0.496 e. The zero-order valence-electron chi connectivity index (χ0n) is 9.30. The van der Waals surface area contributed by atoms with E-state index in [9.17, 15) is 8.42 Å². The first-order valence-electron chi connectivity index (χ1n) is 5.41. The van der Waals surface area contributed by atoms with Crippen LogP contribution in [-0.2, 0) is 10.0 Å². The lowest BCUT2D eigenvalue weighted by Crippen LogP contribution is -2.25. The predicted molar refractivity (Wildman–Crippen MR) is 62.9 cm³/mol. The van der Waals surface area contributed by atoms with Gasteiger partial charge in [0.25, 0.3) is 10.0 Å². The van der Waals surface area contributed by atoms with Crippen LogP contribution in [-0.4, -0.2) is 27.4 Å². The van der Waals surface area contributed by atoms with E-state index in [-0.39, 0.29) is 4.90 Å². The summed E-state index contributed by atoms with van der Waals surface area (Å²) >= 11 is 0. The maximum absolute atomic E-state index is 11.9. The third-order valence-corrected chi connectivity index (χ3v) is 4.17. The van der Waals surface area contributed by atoms with Gasteiger partial charge < -0.3 is 10.1 Å².